The highest BCUT2D eigenvalue weighted by Crippen LogP contribution is 2.56. The highest BCUT2D eigenvalue weighted by atomic mass is 35.5. The van der Waals surface area contributed by atoms with E-state index < -0.39 is 6.10 Å². The molecule has 174 valence electrons. The molecule has 12 heteroatoms. The number of aromatic nitrogens is 7. The molecule has 4 aromatic rings. The van der Waals surface area contributed by atoms with Crippen molar-refractivity contribution in [3.05, 3.63) is 57.9 Å². The van der Waals surface area contributed by atoms with Gasteiger partial charge in [0.1, 0.15) is 5.69 Å². The molecular weight excluding hydrogens is 479 g/mol. The van der Waals surface area contributed by atoms with Crippen molar-refractivity contribution in [2.75, 3.05) is 5.32 Å². The minimum absolute atomic E-state index is 0.0824. The van der Waals surface area contributed by atoms with Gasteiger partial charge in [-0.05, 0) is 32.3 Å². The fourth-order valence-corrected chi connectivity index (χ4v) is 5.44. The maximum atomic E-state index is 13.4. The number of pyridine rings is 1. The first kappa shape index (κ1) is 21.5. The largest absolute Gasteiger partial charge is 0.387 e. The second-order valence-electron chi connectivity index (χ2n) is 8.94. The Morgan fingerprint density at radius 1 is 1.21 bits per heavy atom. The molecule has 10 nitrogen and oxygen atoms in total. The highest BCUT2D eigenvalue weighted by molar-refractivity contribution is 6.32. The molecule has 2 aliphatic carbocycles. The highest BCUT2D eigenvalue weighted by Gasteiger charge is 2.52. The number of halogens is 2. The molecule has 2 N–H and O–H groups in total. The third-order valence-electron chi connectivity index (χ3n) is 6.80. The number of amides is 1. The molecule has 1 spiro atoms. The molecule has 34 heavy (non-hydrogen) atoms. The molecule has 4 heterocycles. The van der Waals surface area contributed by atoms with Gasteiger partial charge >= 0.3 is 0 Å². The number of rotatable bonds is 4. The number of nitrogens with zero attached hydrogens (tertiary/aromatic N) is 7. The normalized spacial score (nSPS) is 19.2. The van der Waals surface area contributed by atoms with Crippen molar-refractivity contribution < 1.29 is 9.90 Å². The minimum Gasteiger partial charge on any atom is -0.387 e. The summed E-state index contributed by atoms with van der Waals surface area (Å²) in [5.74, 6) is -0.216. The van der Waals surface area contributed by atoms with Crippen molar-refractivity contribution >= 4 is 40.4 Å². The van der Waals surface area contributed by atoms with E-state index in [-0.39, 0.29) is 22.3 Å². The molecule has 0 radical (unpaired) electrons. The summed E-state index contributed by atoms with van der Waals surface area (Å²) in [6.07, 6.45) is 7.81. The number of carbonyl (C=O) groups is 1. The number of nitrogens with one attached hydrogen (secondary N) is 1. The lowest BCUT2D eigenvalue weighted by molar-refractivity contribution is -0.117. The van der Waals surface area contributed by atoms with Gasteiger partial charge in [-0.3, -0.25) is 4.79 Å². The zero-order valence-corrected chi connectivity index (χ0v) is 19.6. The molecule has 1 fully saturated rings. The lowest BCUT2D eigenvalue weighted by Gasteiger charge is -2.39. The number of fused-ring (bicyclic) bond motifs is 4. The lowest BCUT2D eigenvalue weighted by atomic mass is 9.66. The minimum atomic E-state index is -0.757. The van der Waals surface area contributed by atoms with Gasteiger partial charge < -0.3 is 10.4 Å². The summed E-state index contributed by atoms with van der Waals surface area (Å²) in [5.41, 5.74) is 3.40. The summed E-state index contributed by atoms with van der Waals surface area (Å²) < 4.78 is 1.80. The Hall–Kier alpha value is -3.08. The van der Waals surface area contributed by atoms with Crippen LogP contribution in [0.15, 0.2) is 30.7 Å². The Bertz CT molecular complexity index is 1440. The molecule has 2 atom stereocenters. The van der Waals surface area contributed by atoms with E-state index in [4.69, 9.17) is 23.2 Å². The van der Waals surface area contributed by atoms with Crippen molar-refractivity contribution in [3.8, 4) is 5.82 Å². The summed E-state index contributed by atoms with van der Waals surface area (Å²) in [6.45, 7) is 1.60. The average Bonchev–Trinajstić information content (AvgIpc) is 3.47. The summed E-state index contributed by atoms with van der Waals surface area (Å²) in [4.78, 5) is 23.4. The predicted octanol–water partition coefficient (Wildman–Crippen LogP) is 3.61. The van der Waals surface area contributed by atoms with E-state index in [0.717, 1.165) is 30.5 Å². The molecule has 1 amide bonds. The fraction of sp³-hybridized carbons (Fsp3) is 0.364. The topological polar surface area (TPSA) is 123 Å². The number of hydrogen-bond donors (Lipinski definition) is 2. The number of aliphatic hydroxyl groups excluding tert-OH is 1. The lowest BCUT2D eigenvalue weighted by Crippen LogP contribution is -2.34. The Morgan fingerprint density at radius 2 is 2.03 bits per heavy atom. The van der Waals surface area contributed by atoms with Crippen molar-refractivity contribution in [1.29, 1.82) is 0 Å². The molecule has 6 rings (SSSR count). The molecule has 0 bridgehead atoms. The van der Waals surface area contributed by atoms with Gasteiger partial charge in [-0.2, -0.15) is 10.2 Å². The predicted molar refractivity (Wildman–Crippen MR) is 124 cm³/mol. The van der Waals surface area contributed by atoms with Crippen LogP contribution >= 0.6 is 23.2 Å². The second kappa shape index (κ2) is 7.72. The van der Waals surface area contributed by atoms with Crippen LogP contribution in [0.1, 0.15) is 61.6 Å². The maximum absolute atomic E-state index is 13.4. The Morgan fingerprint density at radius 3 is 2.71 bits per heavy atom. The molecule has 0 saturated heterocycles. The average molecular weight is 499 g/mol. The Labute approximate surface area is 203 Å². The summed E-state index contributed by atoms with van der Waals surface area (Å²) >= 11 is 12.6. The van der Waals surface area contributed by atoms with Crippen molar-refractivity contribution in [2.45, 2.75) is 50.0 Å². The van der Waals surface area contributed by atoms with Crippen LogP contribution < -0.4 is 5.32 Å². The van der Waals surface area contributed by atoms with Crippen LogP contribution in [0.25, 0.3) is 11.5 Å². The van der Waals surface area contributed by atoms with Gasteiger partial charge in [-0.1, -0.05) is 29.6 Å². The smallest absolute Gasteiger partial charge is 0.232 e. The quantitative estimate of drug-likeness (QED) is 0.440. The van der Waals surface area contributed by atoms with E-state index in [9.17, 15) is 9.90 Å². The van der Waals surface area contributed by atoms with Gasteiger partial charge in [-0.15, -0.1) is 9.90 Å². The van der Waals surface area contributed by atoms with Crippen LogP contribution in [0.5, 0.6) is 0 Å². The molecule has 0 aromatic carbocycles. The van der Waals surface area contributed by atoms with E-state index in [1.807, 2.05) is 0 Å². The van der Waals surface area contributed by atoms with E-state index in [1.54, 1.807) is 29.8 Å². The Kier molecular flexibility index (Phi) is 4.87. The maximum Gasteiger partial charge on any atom is 0.232 e. The van der Waals surface area contributed by atoms with Gasteiger partial charge in [0.25, 0.3) is 0 Å². The standard InChI is InChI=1S/C22H20Cl2N8O2/c1-11(33)16-10-27-32(29-16)20-15(23)5-12(8-26-20)28-21(34)13-7-22(3-2-4-22)19-14(13)9-25-18-6-17(24)30-31(18)19/h5-6,8-11,13,33H,2-4,7H2,1H3,(H,28,34)/t11-,13+/m0/s1. The number of anilines is 1. The molecular formula is C22H20Cl2N8O2. The molecule has 1 saturated carbocycles. The van der Waals surface area contributed by atoms with Crippen molar-refractivity contribution in [3.63, 3.8) is 0 Å². The van der Waals surface area contributed by atoms with Crippen LogP contribution in [-0.4, -0.2) is 45.6 Å². The number of aliphatic hydroxyl groups is 1. The van der Waals surface area contributed by atoms with Gasteiger partial charge in [0.2, 0.25) is 5.91 Å². The monoisotopic (exact) mass is 498 g/mol. The SMILES string of the molecule is C[C@H](O)c1cnn(-c2ncc(NC(=O)[C@@H]3CC4(CCC4)c4c3cnc3cc(Cl)nn43)cc2Cl)n1. The molecule has 0 aliphatic heterocycles. The van der Waals surface area contributed by atoms with Gasteiger partial charge in [0.05, 0.1) is 40.8 Å². The first-order chi connectivity index (χ1) is 16.3. The summed E-state index contributed by atoms with van der Waals surface area (Å²) in [5, 5.41) is 26.0. The third-order valence-corrected chi connectivity index (χ3v) is 7.26. The van der Waals surface area contributed by atoms with Gasteiger partial charge in [0, 0.05) is 23.2 Å². The van der Waals surface area contributed by atoms with Crippen LogP contribution in [0.3, 0.4) is 0 Å². The number of carbonyl (C=O) groups excluding carboxylic acids is 1. The van der Waals surface area contributed by atoms with Crippen molar-refractivity contribution in [1.82, 2.24) is 34.6 Å². The van der Waals surface area contributed by atoms with Crippen molar-refractivity contribution in [2.24, 2.45) is 0 Å². The summed E-state index contributed by atoms with van der Waals surface area (Å²) in [6, 6.07) is 3.34. The number of hydrogen-bond acceptors (Lipinski definition) is 7. The van der Waals surface area contributed by atoms with Gasteiger partial charge in [0.15, 0.2) is 16.6 Å². The summed E-state index contributed by atoms with van der Waals surface area (Å²) in [7, 11) is 0. The van der Waals surface area contributed by atoms with Crippen LogP contribution in [0, 0.1) is 0 Å². The van der Waals surface area contributed by atoms with E-state index in [0.29, 0.717) is 34.4 Å². The van der Waals surface area contributed by atoms with E-state index >= 15 is 0 Å². The Balaban J connectivity index is 1.28. The van der Waals surface area contributed by atoms with Crippen LogP contribution in [-0.2, 0) is 10.2 Å². The molecule has 0 unspecified atom stereocenters. The van der Waals surface area contributed by atoms with Crippen LogP contribution in [0.4, 0.5) is 5.69 Å². The van der Waals surface area contributed by atoms with E-state index in [1.165, 1.54) is 17.2 Å². The fourth-order valence-electron chi connectivity index (χ4n) is 5.02. The molecule has 2 aliphatic rings. The first-order valence-corrected chi connectivity index (χ1v) is 11.7. The zero-order chi connectivity index (χ0) is 23.6. The second-order valence-corrected chi connectivity index (χ2v) is 9.74. The third kappa shape index (κ3) is 3.28. The molecule has 4 aromatic heterocycles. The first-order valence-electron chi connectivity index (χ1n) is 11.0. The zero-order valence-electron chi connectivity index (χ0n) is 18.1. The van der Waals surface area contributed by atoms with Crippen LogP contribution in [0.2, 0.25) is 10.2 Å². The van der Waals surface area contributed by atoms with E-state index in [2.05, 4.69) is 30.6 Å². The van der Waals surface area contributed by atoms with Gasteiger partial charge in [-0.25, -0.2) is 14.5 Å².